The lowest BCUT2D eigenvalue weighted by Crippen LogP contribution is -2.41. The molecular formula is C7H10AlN3O2. The van der Waals surface area contributed by atoms with Gasteiger partial charge in [0.25, 0.3) is 5.56 Å². The second kappa shape index (κ2) is 2.83. The third-order valence-corrected chi connectivity index (χ3v) is 2.89. The van der Waals surface area contributed by atoms with E-state index < -0.39 is 0 Å². The number of hydrogen-bond acceptors (Lipinski definition) is 3. The molecule has 6 heteroatoms. The summed E-state index contributed by atoms with van der Waals surface area (Å²) >= 11 is 0.528. The molecule has 0 atom stereocenters. The zero-order chi connectivity index (χ0) is 9.59. The molecule has 0 amide bonds. The minimum absolute atomic E-state index is 0.223. The molecule has 0 bridgehead atoms. The van der Waals surface area contributed by atoms with Crippen molar-refractivity contribution < 1.29 is 0 Å². The van der Waals surface area contributed by atoms with Gasteiger partial charge in [-0.05, 0) is 12.8 Å². The van der Waals surface area contributed by atoms with E-state index in [4.69, 9.17) is 0 Å². The molecule has 0 N–H and O–H groups in total. The highest BCUT2D eigenvalue weighted by Gasteiger charge is 2.29. The molecule has 0 aromatic carbocycles. The maximum Gasteiger partial charge on any atom is 0.406 e. The van der Waals surface area contributed by atoms with Crippen molar-refractivity contribution in [2.75, 3.05) is 0 Å². The van der Waals surface area contributed by atoms with Gasteiger partial charge in [0.05, 0.1) is 0 Å². The second-order valence-corrected chi connectivity index (χ2v) is 4.28. The van der Waals surface area contributed by atoms with Gasteiger partial charge in [-0.15, -0.1) is 0 Å². The largest absolute Gasteiger partial charge is 0.406 e. The average Bonchev–Trinajstić information content (AvgIpc) is 2.91. The van der Waals surface area contributed by atoms with Crippen molar-refractivity contribution in [1.82, 2.24) is 13.3 Å². The van der Waals surface area contributed by atoms with Crippen molar-refractivity contribution in [1.29, 1.82) is 0 Å². The highest BCUT2D eigenvalue weighted by atomic mass is 27.1. The van der Waals surface area contributed by atoms with Gasteiger partial charge in [0.15, 0.2) is 0 Å². The fourth-order valence-electron chi connectivity index (χ4n) is 1.34. The van der Waals surface area contributed by atoms with Crippen molar-refractivity contribution in [3.8, 4) is 0 Å². The molecule has 1 aliphatic rings. The predicted octanol–water partition coefficient (Wildman–Crippen LogP) is -1.78. The molecule has 1 fully saturated rings. The van der Waals surface area contributed by atoms with E-state index in [1.165, 1.54) is 10.7 Å². The minimum atomic E-state index is -0.305. The van der Waals surface area contributed by atoms with Gasteiger partial charge in [-0.25, -0.2) is 4.79 Å². The fraction of sp³-hybridized carbons (Fsp3) is 0.571. The van der Waals surface area contributed by atoms with Crippen LogP contribution in [-0.4, -0.2) is 29.8 Å². The summed E-state index contributed by atoms with van der Waals surface area (Å²) in [5.41, 5.74) is 0.0396. The van der Waals surface area contributed by atoms with Crippen molar-refractivity contribution >= 4 is 16.5 Å². The van der Waals surface area contributed by atoms with Crippen LogP contribution in [-0.2, 0) is 7.05 Å². The van der Waals surface area contributed by atoms with E-state index in [0.29, 0.717) is 28.1 Å². The van der Waals surface area contributed by atoms with Gasteiger partial charge >= 0.3 is 22.2 Å². The molecule has 2 rings (SSSR count). The Morgan fingerprint density at radius 3 is 2.62 bits per heavy atom. The quantitative estimate of drug-likeness (QED) is 0.497. The van der Waals surface area contributed by atoms with Crippen LogP contribution in [0.1, 0.15) is 24.5 Å². The SMILES string of the molecule is Cn1c(=O)c(C2CC2)n[n]([AlH2])c1=O. The maximum atomic E-state index is 11.5. The van der Waals surface area contributed by atoms with Gasteiger partial charge in [0, 0.05) is 13.0 Å². The first-order valence-electron chi connectivity index (χ1n) is 4.25. The minimum Gasteiger partial charge on any atom is -0.323 e. The topological polar surface area (TPSA) is 56.9 Å². The molecule has 68 valence electrons. The first-order chi connectivity index (χ1) is 6.11. The Morgan fingerprint density at radius 2 is 2.08 bits per heavy atom. The summed E-state index contributed by atoms with van der Waals surface area (Å²) in [4.78, 5) is 22.8. The van der Waals surface area contributed by atoms with Crippen molar-refractivity contribution in [2.24, 2.45) is 7.05 Å². The van der Waals surface area contributed by atoms with Crippen LogP contribution in [0.25, 0.3) is 0 Å². The highest BCUT2D eigenvalue weighted by molar-refractivity contribution is 6.05. The average molecular weight is 195 g/mol. The van der Waals surface area contributed by atoms with Crippen molar-refractivity contribution in [2.45, 2.75) is 18.8 Å². The molecule has 0 radical (unpaired) electrons. The Balaban J connectivity index is 2.72. The summed E-state index contributed by atoms with van der Waals surface area (Å²) in [6.45, 7) is 0. The summed E-state index contributed by atoms with van der Waals surface area (Å²) in [5.74, 6) is 0.305. The zero-order valence-electron chi connectivity index (χ0n) is 7.65. The summed E-state index contributed by atoms with van der Waals surface area (Å²) < 4.78 is 2.50. The molecule has 1 saturated carbocycles. The Bertz CT molecular complexity index is 458. The van der Waals surface area contributed by atoms with E-state index in [-0.39, 0.29) is 11.2 Å². The summed E-state index contributed by atoms with van der Waals surface area (Å²) in [5, 5.41) is 4.03. The van der Waals surface area contributed by atoms with Crippen LogP contribution in [0.15, 0.2) is 9.59 Å². The van der Waals surface area contributed by atoms with Crippen LogP contribution in [0.4, 0.5) is 0 Å². The van der Waals surface area contributed by atoms with E-state index in [2.05, 4.69) is 5.10 Å². The molecule has 5 nitrogen and oxygen atoms in total. The number of aromatic nitrogens is 3. The van der Waals surface area contributed by atoms with Crippen molar-refractivity contribution in [3.63, 3.8) is 0 Å². The lowest BCUT2D eigenvalue weighted by molar-refractivity contribution is 0.661. The second-order valence-electron chi connectivity index (χ2n) is 3.43. The highest BCUT2D eigenvalue weighted by Crippen LogP contribution is 2.36. The van der Waals surface area contributed by atoms with Gasteiger partial charge in [-0.2, -0.15) is 5.10 Å². The number of rotatable bonds is 1. The molecule has 0 aliphatic heterocycles. The van der Waals surface area contributed by atoms with Crippen LogP contribution in [0, 0.1) is 0 Å². The molecular weight excluding hydrogens is 185 g/mol. The Hall–Kier alpha value is -0.858. The lowest BCUT2D eigenvalue weighted by atomic mass is 10.3. The smallest absolute Gasteiger partial charge is 0.323 e. The third-order valence-electron chi connectivity index (χ3n) is 2.31. The summed E-state index contributed by atoms with van der Waals surface area (Å²) in [6, 6.07) is 0. The lowest BCUT2D eigenvalue weighted by Gasteiger charge is -2.04. The standard InChI is InChI=1S/C7H9N3O2.Al.2H/c1-10-6(11)5(4-2-3-4)8-9-7(10)12;;;/h4H,2-3H2,1H3,(H,9,11,12);;;/q;+1;;/p-1. The van der Waals surface area contributed by atoms with Gasteiger partial charge in [0.1, 0.15) is 5.69 Å². The third kappa shape index (κ3) is 1.36. The monoisotopic (exact) mass is 195 g/mol. The Labute approximate surface area is 82.6 Å². The molecule has 1 aliphatic carbocycles. The zero-order valence-corrected chi connectivity index (χ0v) is 9.65. The Kier molecular flexibility index (Phi) is 1.90. The first kappa shape index (κ1) is 8.73. The van der Waals surface area contributed by atoms with Crippen LogP contribution >= 0.6 is 0 Å². The molecule has 13 heavy (non-hydrogen) atoms. The maximum absolute atomic E-state index is 11.5. The van der Waals surface area contributed by atoms with Gasteiger partial charge in [-0.3, -0.25) is 9.36 Å². The summed E-state index contributed by atoms with van der Waals surface area (Å²) in [7, 11) is 1.51. The Morgan fingerprint density at radius 1 is 1.46 bits per heavy atom. The van der Waals surface area contributed by atoms with Crippen LogP contribution in [0.5, 0.6) is 0 Å². The number of nitrogens with zero attached hydrogens (tertiary/aromatic N) is 3. The molecule has 1 heterocycles. The molecule has 0 unspecified atom stereocenters. The van der Waals surface area contributed by atoms with Crippen LogP contribution < -0.4 is 11.2 Å². The first-order valence-corrected chi connectivity index (χ1v) is 5.15. The summed E-state index contributed by atoms with van der Waals surface area (Å²) in [6.07, 6.45) is 2.06. The van der Waals surface area contributed by atoms with Gasteiger partial charge < -0.3 is 3.67 Å². The molecule has 1 aromatic heterocycles. The van der Waals surface area contributed by atoms with E-state index in [1.807, 2.05) is 0 Å². The molecule has 0 saturated heterocycles. The van der Waals surface area contributed by atoms with E-state index in [1.54, 1.807) is 0 Å². The molecule has 1 aromatic rings. The van der Waals surface area contributed by atoms with Crippen LogP contribution in [0.3, 0.4) is 0 Å². The van der Waals surface area contributed by atoms with E-state index >= 15 is 0 Å². The predicted molar refractivity (Wildman–Crippen MR) is 49.7 cm³/mol. The normalized spacial score (nSPS) is 16.1. The fourth-order valence-corrected chi connectivity index (χ4v) is 1.85. The number of hydrogen-bond donors (Lipinski definition) is 0. The molecule has 0 spiro atoms. The van der Waals surface area contributed by atoms with Crippen molar-refractivity contribution in [3.05, 3.63) is 26.5 Å². The van der Waals surface area contributed by atoms with Gasteiger partial charge in [-0.1, -0.05) is 0 Å². The van der Waals surface area contributed by atoms with E-state index in [0.717, 1.165) is 17.4 Å². The van der Waals surface area contributed by atoms with Gasteiger partial charge in [0.2, 0.25) is 0 Å². The van der Waals surface area contributed by atoms with Crippen LogP contribution in [0.2, 0.25) is 0 Å². The van der Waals surface area contributed by atoms with E-state index in [9.17, 15) is 9.59 Å².